The van der Waals surface area contributed by atoms with E-state index in [-0.39, 0.29) is 11.7 Å². The number of ether oxygens (including phenoxy) is 1. The summed E-state index contributed by atoms with van der Waals surface area (Å²) < 4.78 is 5.20. The minimum absolute atomic E-state index is 0.0382. The van der Waals surface area contributed by atoms with Gasteiger partial charge in [-0.15, -0.1) is 0 Å². The van der Waals surface area contributed by atoms with Crippen molar-refractivity contribution in [2.45, 2.75) is 19.3 Å². The third-order valence-corrected chi connectivity index (χ3v) is 3.42. The molecule has 0 aromatic rings. The van der Waals surface area contributed by atoms with Gasteiger partial charge in [-0.2, -0.15) is 0 Å². The van der Waals surface area contributed by atoms with E-state index in [4.69, 9.17) is 4.74 Å². The summed E-state index contributed by atoms with van der Waals surface area (Å²) in [6.07, 6.45) is 3.90. The zero-order valence-electron chi connectivity index (χ0n) is 7.78. The summed E-state index contributed by atoms with van der Waals surface area (Å²) in [5.41, 5.74) is -0.697. The standard InChI is InChI=1S/C10H11NO3/c12-7-6-8-11(4-5-14-8)9(13)10(7)2-1-3-10/h6H,1-5H2. The van der Waals surface area contributed by atoms with Gasteiger partial charge >= 0.3 is 0 Å². The number of carbonyl (C=O) groups excluding carboxylic acids is 2. The number of hydrogen-bond donors (Lipinski definition) is 0. The second-order valence-electron chi connectivity index (χ2n) is 4.09. The molecule has 2 fully saturated rings. The van der Waals surface area contributed by atoms with Gasteiger partial charge in [-0.25, -0.2) is 0 Å². The molecule has 1 saturated heterocycles. The molecule has 0 bridgehead atoms. The van der Waals surface area contributed by atoms with Gasteiger partial charge in [0.25, 0.3) is 0 Å². The zero-order valence-corrected chi connectivity index (χ0v) is 7.78. The van der Waals surface area contributed by atoms with Crippen LogP contribution in [0.1, 0.15) is 19.3 Å². The van der Waals surface area contributed by atoms with Gasteiger partial charge in [-0.3, -0.25) is 14.5 Å². The minimum Gasteiger partial charge on any atom is -0.477 e. The maximum atomic E-state index is 12.0. The van der Waals surface area contributed by atoms with E-state index in [0.717, 1.165) is 6.42 Å². The third kappa shape index (κ3) is 0.744. The molecule has 1 saturated carbocycles. The zero-order chi connectivity index (χ0) is 9.76. The first-order valence-corrected chi connectivity index (χ1v) is 4.95. The molecule has 3 rings (SSSR count). The Morgan fingerprint density at radius 3 is 2.79 bits per heavy atom. The lowest BCUT2D eigenvalue weighted by molar-refractivity contribution is -0.154. The summed E-state index contributed by atoms with van der Waals surface area (Å²) in [6, 6.07) is 0. The summed E-state index contributed by atoms with van der Waals surface area (Å²) in [6.45, 7) is 1.11. The fourth-order valence-corrected chi connectivity index (χ4v) is 2.36. The Labute approximate surface area is 81.5 Å². The van der Waals surface area contributed by atoms with E-state index in [1.165, 1.54) is 6.08 Å². The van der Waals surface area contributed by atoms with Gasteiger partial charge in [-0.1, -0.05) is 6.42 Å². The molecular weight excluding hydrogens is 182 g/mol. The lowest BCUT2D eigenvalue weighted by Gasteiger charge is -2.42. The van der Waals surface area contributed by atoms with Crippen LogP contribution in [0.5, 0.6) is 0 Å². The van der Waals surface area contributed by atoms with Crippen molar-refractivity contribution in [2.75, 3.05) is 13.2 Å². The van der Waals surface area contributed by atoms with Gasteiger partial charge in [0.05, 0.1) is 6.54 Å². The van der Waals surface area contributed by atoms with E-state index >= 15 is 0 Å². The molecule has 0 unspecified atom stereocenters. The highest BCUT2D eigenvalue weighted by atomic mass is 16.5. The van der Waals surface area contributed by atoms with Crippen LogP contribution >= 0.6 is 0 Å². The van der Waals surface area contributed by atoms with Crippen molar-refractivity contribution < 1.29 is 14.3 Å². The lowest BCUT2D eigenvalue weighted by Crippen LogP contribution is -2.53. The van der Waals surface area contributed by atoms with E-state index in [1.54, 1.807) is 4.90 Å². The van der Waals surface area contributed by atoms with Crippen LogP contribution < -0.4 is 0 Å². The Bertz CT molecular complexity index is 354. The quantitative estimate of drug-likeness (QED) is 0.524. The number of rotatable bonds is 0. The van der Waals surface area contributed by atoms with E-state index in [9.17, 15) is 9.59 Å². The maximum absolute atomic E-state index is 12.0. The number of allylic oxidation sites excluding steroid dienone is 1. The van der Waals surface area contributed by atoms with Crippen molar-refractivity contribution in [3.63, 3.8) is 0 Å². The predicted molar refractivity (Wildman–Crippen MR) is 47.0 cm³/mol. The smallest absolute Gasteiger partial charge is 0.243 e. The third-order valence-electron chi connectivity index (χ3n) is 3.42. The van der Waals surface area contributed by atoms with Crippen molar-refractivity contribution >= 4 is 11.7 Å². The van der Waals surface area contributed by atoms with Crippen molar-refractivity contribution in [3.05, 3.63) is 12.0 Å². The molecule has 3 aliphatic rings. The summed E-state index contributed by atoms with van der Waals surface area (Å²) in [5.74, 6) is 0.364. The largest absolute Gasteiger partial charge is 0.477 e. The monoisotopic (exact) mass is 193 g/mol. The van der Waals surface area contributed by atoms with Crippen LogP contribution in [0.15, 0.2) is 12.0 Å². The first kappa shape index (κ1) is 8.03. The fraction of sp³-hybridized carbons (Fsp3) is 0.600. The average Bonchev–Trinajstić information content (AvgIpc) is 2.49. The van der Waals surface area contributed by atoms with Gasteiger partial charge in [0.2, 0.25) is 5.91 Å². The molecular formula is C10H11NO3. The molecule has 1 spiro atoms. The SMILES string of the molecule is O=C1C=C2OCCN2C(=O)C12CCC2. The molecule has 1 amide bonds. The predicted octanol–water partition coefficient (Wildman–Crippen LogP) is 0.440. The number of nitrogens with zero attached hydrogens (tertiary/aromatic N) is 1. The average molecular weight is 193 g/mol. The van der Waals surface area contributed by atoms with Gasteiger partial charge in [-0.05, 0) is 12.8 Å². The normalized spacial score (nSPS) is 28.3. The Kier molecular flexibility index (Phi) is 1.36. The summed E-state index contributed by atoms with van der Waals surface area (Å²) in [4.78, 5) is 25.4. The number of hydrogen-bond acceptors (Lipinski definition) is 3. The van der Waals surface area contributed by atoms with Crippen LogP contribution in [0, 0.1) is 5.41 Å². The summed E-state index contributed by atoms with van der Waals surface area (Å²) >= 11 is 0. The molecule has 4 heteroatoms. The fourth-order valence-electron chi connectivity index (χ4n) is 2.36. The molecule has 2 heterocycles. The minimum atomic E-state index is -0.697. The van der Waals surface area contributed by atoms with Crippen molar-refractivity contribution in [3.8, 4) is 0 Å². The van der Waals surface area contributed by atoms with Gasteiger partial charge in [0.1, 0.15) is 12.0 Å². The first-order valence-electron chi connectivity index (χ1n) is 4.95. The Morgan fingerprint density at radius 1 is 1.36 bits per heavy atom. The molecule has 14 heavy (non-hydrogen) atoms. The molecule has 2 aliphatic heterocycles. The van der Waals surface area contributed by atoms with E-state index in [0.29, 0.717) is 31.9 Å². The summed E-state index contributed by atoms with van der Waals surface area (Å²) in [5, 5.41) is 0. The lowest BCUT2D eigenvalue weighted by atomic mass is 9.64. The first-order chi connectivity index (χ1) is 6.74. The molecule has 0 atom stereocenters. The number of carbonyl (C=O) groups is 2. The second-order valence-corrected chi connectivity index (χ2v) is 4.09. The molecule has 0 radical (unpaired) electrons. The summed E-state index contributed by atoms with van der Waals surface area (Å²) in [7, 11) is 0. The number of ketones is 1. The number of fused-ring (bicyclic) bond motifs is 1. The van der Waals surface area contributed by atoms with Crippen molar-refractivity contribution in [2.24, 2.45) is 5.41 Å². The van der Waals surface area contributed by atoms with Crippen LogP contribution in [-0.2, 0) is 14.3 Å². The highest BCUT2D eigenvalue weighted by Crippen LogP contribution is 2.47. The molecule has 74 valence electrons. The van der Waals surface area contributed by atoms with Crippen LogP contribution in [0.25, 0.3) is 0 Å². The highest BCUT2D eigenvalue weighted by molar-refractivity contribution is 6.14. The second kappa shape index (κ2) is 2.38. The van der Waals surface area contributed by atoms with Gasteiger partial charge < -0.3 is 4.74 Å². The molecule has 0 N–H and O–H groups in total. The van der Waals surface area contributed by atoms with Crippen molar-refractivity contribution in [1.82, 2.24) is 4.90 Å². The van der Waals surface area contributed by atoms with Crippen LogP contribution in [0.2, 0.25) is 0 Å². The molecule has 1 aliphatic carbocycles. The van der Waals surface area contributed by atoms with Crippen LogP contribution in [-0.4, -0.2) is 29.7 Å². The van der Waals surface area contributed by atoms with Crippen LogP contribution in [0.4, 0.5) is 0 Å². The van der Waals surface area contributed by atoms with E-state index < -0.39 is 5.41 Å². The van der Waals surface area contributed by atoms with Crippen LogP contribution in [0.3, 0.4) is 0 Å². The highest BCUT2D eigenvalue weighted by Gasteiger charge is 2.55. The maximum Gasteiger partial charge on any atom is 0.243 e. The Hall–Kier alpha value is -1.32. The molecule has 0 aromatic heterocycles. The van der Waals surface area contributed by atoms with E-state index in [1.807, 2.05) is 0 Å². The van der Waals surface area contributed by atoms with Crippen molar-refractivity contribution in [1.29, 1.82) is 0 Å². The van der Waals surface area contributed by atoms with Gasteiger partial charge in [0.15, 0.2) is 11.7 Å². The Morgan fingerprint density at radius 2 is 2.14 bits per heavy atom. The number of amides is 1. The van der Waals surface area contributed by atoms with E-state index in [2.05, 4.69) is 0 Å². The topological polar surface area (TPSA) is 46.6 Å². The van der Waals surface area contributed by atoms with Gasteiger partial charge in [0, 0.05) is 6.08 Å². The molecule has 4 nitrogen and oxygen atoms in total. The Balaban J connectivity index is 2.05. The molecule has 0 aromatic carbocycles.